The quantitative estimate of drug-likeness (QED) is 0.0261. The first-order valence-corrected chi connectivity index (χ1v) is 32.7. The van der Waals surface area contributed by atoms with Crippen LogP contribution >= 0.6 is 0 Å². The Morgan fingerprint density at radius 2 is 0.494 bits per heavy atom. The van der Waals surface area contributed by atoms with Crippen LogP contribution < -0.4 is 0 Å². The number of ether oxygens (including phenoxy) is 3. The van der Waals surface area contributed by atoms with Crippen LogP contribution in [0.1, 0.15) is 290 Å². The third kappa shape index (κ3) is 64.3. The van der Waals surface area contributed by atoms with E-state index in [-0.39, 0.29) is 31.1 Å². The van der Waals surface area contributed by atoms with E-state index < -0.39 is 6.10 Å². The maximum absolute atomic E-state index is 12.9. The number of allylic oxidation sites excluding steroid dienone is 22. The van der Waals surface area contributed by atoms with Gasteiger partial charge in [-0.2, -0.15) is 0 Å². The molecule has 448 valence electrons. The minimum atomic E-state index is -0.797. The fraction of sp³-hybridized carbons (Fsp3) is 0.658. The van der Waals surface area contributed by atoms with Gasteiger partial charge in [0.05, 0.1) is 0 Å². The van der Waals surface area contributed by atoms with Gasteiger partial charge in [-0.3, -0.25) is 14.4 Å². The van der Waals surface area contributed by atoms with Crippen molar-refractivity contribution in [2.24, 2.45) is 0 Å². The Hall–Kier alpha value is -4.45. The van der Waals surface area contributed by atoms with Crippen molar-refractivity contribution in [2.45, 2.75) is 297 Å². The smallest absolute Gasteiger partial charge is 0.306 e. The lowest BCUT2D eigenvalue weighted by atomic mass is 10.1. The van der Waals surface area contributed by atoms with Crippen LogP contribution in [0, 0.1) is 0 Å². The highest BCUT2D eigenvalue weighted by Gasteiger charge is 2.19. The van der Waals surface area contributed by atoms with Crippen LogP contribution in [0.4, 0.5) is 0 Å². The zero-order valence-electron chi connectivity index (χ0n) is 51.3. The van der Waals surface area contributed by atoms with E-state index in [1.807, 2.05) is 0 Å². The van der Waals surface area contributed by atoms with Gasteiger partial charge in [0.25, 0.3) is 0 Å². The molecule has 0 amide bonds. The van der Waals surface area contributed by atoms with E-state index in [4.69, 9.17) is 14.2 Å². The summed E-state index contributed by atoms with van der Waals surface area (Å²) in [6.45, 7) is 6.47. The molecule has 1 unspecified atom stereocenters. The number of carbonyl (C=O) groups excluding carboxylic acids is 3. The Labute approximate surface area is 487 Å². The van der Waals surface area contributed by atoms with E-state index >= 15 is 0 Å². The first-order valence-electron chi connectivity index (χ1n) is 32.7. The molecule has 0 radical (unpaired) electrons. The van der Waals surface area contributed by atoms with Gasteiger partial charge in [0.15, 0.2) is 6.10 Å². The Kier molecular flexibility index (Phi) is 62.3. The maximum atomic E-state index is 12.9. The standard InChI is InChI=1S/C73H120O6/c1-4-7-10-13-16-19-22-24-26-28-30-31-32-33-34-35-36-37-38-39-40-41-43-44-46-48-51-54-57-60-63-66-72(75)78-69-70(68-77-71(74)65-62-59-56-53-50-21-18-15-12-9-6-3)79-73(76)67-64-61-58-55-52-49-47-45-42-29-27-25-23-20-17-14-11-8-5-2/h7,10,16-17,19-20,24-27,30-31,33-34,36-37,39-40,43-44,48,51,70H,4-6,8-9,11-15,18,21-23,28-29,32,35,38,41-42,45-47,49-50,52-69H2,1-3H3/b10-7-,19-16-,20-17-,26-24-,27-25-,31-30-,34-33-,37-36-,40-39-,44-43-,51-48-. The number of unbranched alkanes of at least 4 members (excludes halogenated alkanes) is 25. The molecule has 0 N–H and O–H groups in total. The molecule has 0 aliphatic heterocycles. The fourth-order valence-electron chi connectivity index (χ4n) is 8.76. The van der Waals surface area contributed by atoms with Gasteiger partial charge in [-0.25, -0.2) is 0 Å². The van der Waals surface area contributed by atoms with Crippen molar-refractivity contribution >= 4 is 17.9 Å². The van der Waals surface area contributed by atoms with Gasteiger partial charge in [-0.05, 0) is 122 Å². The SMILES string of the molecule is CC/C=C\C/C=C\C/C=C\C/C=C\C/C=C\C/C=C\C/C=C\C/C=C\C/C=C\CCCCCC(=O)OCC(COC(=O)CCCCCCCCCCCCC)OC(=O)CCCCCCCCCCC/C=C\C/C=C\CCCCC. The van der Waals surface area contributed by atoms with Gasteiger partial charge in [0, 0.05) is 19.3 Å². The molecule has 0 aromatic carbocycles. The Morgan fingerprint density at radius 1 is 0.266 bits per heavy atom. The van der Waals surface area contributed by atoms with Crippen molar-refractivity contribution in [3.05, 3.63) is 134 Å². The van der Waals surface area contributed by atoms with Crippen molar-refractivity contribution in [1.82, 2.24) is 0 Å². The molecule has 0 rings (SSSR count). The van der Waals surface area contributed by atoms with Crippen LogP contribution in [0.2, 0.25) is 0 Å². The van der Waals surface area contributed by atoms with Crippen molar-refractivity contribution < 1.29 is 28.6 Å². The largest absolute Gasteiger partial charge is 0.462 e. The van der Waals surface area contributed by atoms with Gasteiger partial charge in [0.2, 0.25) is 0 Å². The molecule has 6 nitrogen and oxygen atoms in total. The van der Waals surface area contributed by atoms with Crippen molar-refractivity contribution in [3.8, 4) is 0 Å². The topological polar surface area (TPSA) is 78.9 Å². The summed E-state index contributed by atoms with van der Waals surface area (Å²) in [7, 11) is 0. The maximum Gasteiger partial charge on any atom is 0.306 e. The molecule has 0 aliphatic carbocycles. The lowest BCUT2D eigenvalue weighted by Gasteiger charge is -2.18. The molecule has 0 fully saturated rings. The van der Waals surface area contributed by atoms with Gasteiger partial charge in [-0.15, -0.1) is 0 Å². The highest BCUT2D eigenvalue weighted by molar-refractivity contribution is 5.71. The lowest BCUT2D eigenvalue weighted by Crippen LogP contribution is -2.30. The van der Waals surface area contributed by atoms with Crippen molar-refractivity contribution in [3.63, 3.8) is 0 Å². The third-order valence-electron chi connectivity index (χ3n) is 13.6. The summed E-state index contributed by atoms with van der Waals surface area (Å²) in [6.07, 6.45) is 93.2. The molecule has 0 heterocycles. The van der Waals surface area contributed by atoms with Crippen LogP contribution in [-0.2, 0) is 28.6 Å². The Balaban J connectivity index is 4.36. The summed E-state index contributed by atoms with van der Waals surface area (Å²) in [5, 5.41) is 0. The van der Waals surface area contributed by atoms with Gasteiger partial charge >= 0.3 is 17.9 Å². The molecule has 1 atom stereocenters. The van der Waals surface area contributed by atoms with E-state index in [0.29, 0.717) is 19.3 Å². The van der Waals surface area contributed by atoms with E-state index in [2.05, 4.69) is 154 Å². The number of hydrogen-bond donors (Lipinski definition) is 0. The molecular weight excluding hydrogens is 973 g/mol. The van der Waals surface area contributed by atoms with E-state index in [1.54, 1.807) is 0 Å². The first kappa shape index (κ1) is 74.5. The molecule has 0 saturated carbocycles. The molecular formula is C73H120O6. The summed E-state index contributed by atoms with van der Waals surface area (Å²) in [5.74, 6) is -0.927. The van der Waals surface area contributed by atoms with Crippen LogP contribution in [-0.4, -0.2) is 37.2 Å². The minimum absolute atomic E-state index is 0.0913. The zero-order valence-corrected chi connectivity index (χ0v) is 51.3. The first-order chi connectivity index (χ1) is 39.0. The summed E-state index contributed by atoms with van der Waals surface area (Å²) in [5.41, 5.74) is 0. The van der Waals surface area contributed by atoms with E-state index in [1.165, 1.54) is 122 Å². The van der Waals surface area contributed by atoms with Crippen molar-refractivity contribution in [1.29, 1.82) is 0 Å². The van der Waals surface area contributed by atoms with Crippen molar-refractivity contribution in [2.75, 3.05) is 13.2 Å². The number of esters is 3. The summed E-state index contributed by atoms with van der Waals surface area (Å²) in [4.78, 5) is 38.3. The number of hydrogen-bond acceptors (Lipinski definition) is 6. The predicted octanol–water partition coefficient (Wildman–Crippen LogP) is 22.5. The fourth-order valence-corrected chi connectivity index (χ4v) is 8.76. The second-order valence-electron chi connectivity index (χ2n) is 21.3. The van der Waals surface area contributed by atoms with Crippen LogP contribution in [0.25, 0.3) is 0 Å². The zero-order chi connectivity index (χ0) is 57.1. The second kappa shape index (κ2) is 66.1. The molecule has 0 aromatic heterocycles. The normalized spacial score (nSPS) is 13.0. The third-order valence-corrected chi connectivity index (χ3v) is 13.6. The summed E-state index contributed by atoms with van der Waals surface area (Å²) >= 11 is 0. The summed E-state index contributed by atoms with van der Waals surface area (Å²) in [6, 6.07) is 0. The second-order valence-corrected chi connectivity index (χ2v) is 21.3. The number of rotatable bonds is 58. The monoisotopic (exact) mass is 1090 g/mol. The Morgan fingerprint density at radius 3 is 0.810 bits per heavy atom. The highest BCUT2D eigenvalue weighted by Crippen LogP contribution is 2.15. The molecule has 6 heteroatoms. The summed E-state index contributed by atoms with van der Waals surface area (Å²) < 4.78 is 16.9. The Bertz CT molecular complexity index is 1680. The van der Waals surface area contributed by atoms with Crippen LogP contribution in [0.3, 0.4) is 0 Å². The molecule has 0 aromatic rings. The predicted molar refractivity (Wildman–Crippen MR) is 343 cm³/mol. The highest BCUT2D eigenvalue weighted by atomic mass is 16.6. The lowest BCUT2D eigenvalue weighted by molar-refractivity contribution is -0.167. The van der Waals surface area contributed by atoms with Crippen LogP contribution in [0.15, 0.2) is 134 Å². The van der Waals surface area contributed by atoms with Gasteiger partial charge in [-0.1, -0.05) is 283 Å². The molecule has 0 saturated heterocycles. The average molecular weight is 1090 g/mol. The number of carbonyl (C=O) groups is 3. The van der Waals surface area contributed by atoms with Crippen LogP contribution in [0.5, 0.6) is 0 Å². The van der Waals surface area contributed by atoms with Gasteiger partial charge in [0.1, 0.15) is 13.2 Å². The van der Waals surface area contributed by atoms with E-state index in [0.717, 1.165) is 128 Å². The van der Waals surface area contributed by atoms with E-state index in [9.17, 15) is 14.4 Å². The van der Waals surface area contributed by atoms with Gasteiger partial charge < -0.3 is 14.2 Å². The molecule has 0 bridgehead atoms. The minimum Gasteiger partial charge on any atom is -0.462 e. The molecule has 0 aliphatic rings. The molecule has 79 heavy (non-hydrogen) atoms. The molecule has 0 spiro atoms. The average Bonchev–Trinajstić information content (AvgIpc) is 3.45.